The lowest BCUT2D eigenvalue weighted by Crippen LogP contribution is -2.54. The minimum atomic E-state index is -0.479. The van der Waals surface area contributed by atoms with Crippen molar-refractivity contribution in [2.75, 3.05) is 33.5 Å². The summed E-state index contributed by atoms with van der Waals surface area (Å²) < 4.78 is 30.7. The van der Waals surface area contributed by atoms with Crippen molar-refractivity contribution in [3.8, 4) is 5.75 Å². The fourth-order valence-corrected chi connectivity index (χ4v) is 8.89. The molecule has 7 rings (SSSR count). The van der Waals surface area contributed by atoms with E-state index in [1.54, 1.807) is 7.11 Å². The van der Waals surface area contributed by atoms with Crippen molar-refractivity contribution in [2.45, 2.75) is 63.9 Å². The molecule has 5 atom stereocenters. The zero-order valence-corrected chi connectivity index (χ0v) is 21.3. The Labute approximate surface area is 208 Å². The first kappa shape index (κ1) is 22.5. The summed E-state index contributed by atoms with van der Waals surface area (Å²) in [7, 11) is 1.73. The first-order valence-corrected chi connectivity index (χ1v) is 13.5. The third-order valence-electron chi connectivity index (χ3n) is 10.6. The summed E-state index contributed by atoms with van der Waals surface area (Å²) in [4.78, 5) is 0. The van der Waals surface area contributed by atoms with E-state index in [9.17, 15) is 0 Å². The smallest absolute Gasteiger partial charge is 0.177 e. The fourth-order valence-electron chi connectivity index (χ4n) is 8.89. The van der Waals surface area contributed by atoms with Gasteiger partial charge in [0.1, 0.15) is 5.75 Å². The van der Waals surface area contributed by atoms with Crippen molar-refractivity contribution in [1.82, 2.24) is 0 Å². The van der Waals surface area contributed by atoms with Gasteiger partial charge >= 0.3 is 0 Å². The van der Waals surface area contributed by atoms with E-state index in [0.29, 0.717) is 31.0 Å². The molecule has 2 saturated carbocycles. The molecule has 1 aromatic carbocycles. The van der Waals surface area contributed by atoms with Gasteiger partial charge in [0.15, 0.2) is 11.6 Å². The van der Waals surface area contributed by atoms with Crippen LogP contribution in [0.15, 0.2) is 42.0 Å². The van der Waals surface area contributed by atoms with E-state index in [2.05, 4.69) is 50.3 Å². The summed E-state index contributed by atoms with van der Waals surface area (Å²) in [6, 6.07) is 8.70. The number of hydrogen-bond donors (Lipinski definition) is 0. The predicted molar refractivity (Wildman–Crippen MR) is 133 cm³/mol. The van der Waals surface area contributed by atoms with E-state index in [0.717, 1.165) is 51.1 Å². The van der Waals surface area contributed by atoms with Gasteiger partial charge in [0.05, 0.1) is 33.5 Å². The highest BCUT2D eigenvalue weighted by Crippen LogP contribution is 2.69. The Kier molecular flexibility index (Phi) is 4.94. The van der Waals surface area contributed by atoms with E-state index in [4.69, 9.17) is 23.7 Å². The molecule has 0 N–H and O–H groups in total. The summed E-state index contributed by atoms with van der Waals surface area (Å²) >= 11 is 0. The van der Waals surface area contributed by atoms with Gasteiger partial charge < -0.3 is 23.7 Å². The van der Waals surface area contributed by atoms with Crippen LogP contribution in [0.1, 0.15) is 57.9 Å². The third-order valence-corrected chi connectivity index (χ3v) is 10.6. The Morgan fingerprint density at radius 3 is 2.31 bits per heavy atom. The number of methoxy groups -OCH3 is 1. The number of hydrogen-bond acceptors (Lipinski definition) is 5. The largest absolute Gasteiger partial charge is 0.497 e. The zero-order valence-electron chi connectivity index (χ0n) is 21.3. The van der Waals surface area contributed by atoms with Gasteiger partial charge in [-0.25, -0.2) is 0 Å². The minimum Gasteiger partial charge on any atom is -0.497 e. The van der Waals surface area contributed by atoms with E-state index >= 15 is 0 Å². The number of fused-ring (bicyclic) bond motifs is 6. The maximum atomic E-state index is 6.43. The van der Waals surface area contributed by atoms with Crippen molar-refractivity contribution in [3.63, 3.8) is 0 Å². The van der Waals surface area contributed by atoms with Crippen LogP contribution in [-0.2, 0) is 18.9 Å². The van der Waals surface area contributed by atoms with Gasteiger partial charge in [-0.3, -0.25) is 0 Å². The number of benzene rings is 1. The topological polar surface area (TPSA) is 46.2 Å². The van der Waals surface area contributed by atoms with Crippen LogP contribution in [0.25, 0.3) is 5.57 Å². The molecule has 188 valence electrons. The molecule has 4 fully saturated rings. The van der Waals surface area contributed by atoms with Crippen LogP contribution in [0.2, 0.25) is 0 Å². The van der Waals surface area contributed by atoms with Crippen LogP contribution in [-0.4, -0.2) is 45.1 Å². The Morgan fingerprint density at radius 2 is 1.60 bits per heavy atom. The molecule has 1 aromatic rings. The molecule has 6 aliphatic rings. The molecule has 2 heterocycles. The molecule has 2 saturated heterocycles. The van der Waals surface area contributed by atoms with Crippen LogP contribution in [0.4, 0.5) is 0 Å². The fraction of sp³-hybridized carbons (Fsp3) is 0.667. The molecule has 5 unspecified atom stereocenters. The monoisotopic (exact) mass is 478 g/mol. The quantitative estimate of drug-likeness (QED) is 0.507. The van der Waals surface area contributed by atoms with Crippen LogP contribution >= 0.6 is 0 Å². The summed E-state index contributed by atoms with van der Waals surface area (Å²) in [6.07, 6.45) is 11.4. The van der Waals surface area contributed by atoms with Crippen molar-refractivity contribution in [1.29, 1.82) is 0 Å². The molecular weight excluding hydrogens is 440 g/mol. The Bertz CT molecular complexity index is 1060. The average molecular weight is 479 g/mol. The first-order valence-electron chi connectivity index (χ1n) is 13.5. The Hall–Kier alpha value is -1.66. The molecule has 35 heavy (non-hydrogen) atoms. The van der Waals surface area contributed by atoms with Crippen molar-refractivity contribution in [2.24, 2.45) is 28.6 Å². The molecule has 2 spiro atoms. The average Bonchev–Trinajstić information content (AvgIpc) is 3.60. The lowest BCUT2D eigenvalue weighted by atomic mass is 9.47. The maximum Gasteiger partial charge on any atom is 0.177 e. The second-order valence-corrected chi connectivity index (χ2v) is 12.0. The number of allylic oxidation sites excluding steroid dienone is 2. The highest BCUT2D eigenvalue weighted by molar-refractivity contribution is 5.72. The summed E-state index contributed by atoms with van der Waals surface area (Å²) in [6.45, 7) is 7.77. The van der Waals surface area contributed by atoms with E-state index in [-0.39, 0.29) is 10.8 Å². The molecule has 0 aromatic heterocycles. The van der Waals surface area contributed by atoms with Gasteiger partial charge in [-0.2, -0.15) is 0 Å². The van der Waals surface area contributed by atoms with E-state index in [1.165, 1.54) is 23.1 Å². The molecule has 0 radical (unpaired) electrons. The third kappa shape index (κ3) is 3.02. The zero-order chi connectivity index (χ0) is 23.9. The van der Waals surface area contributed by atoms with Gasteiger partial charge in [0.2, 0.25) is 0 Å². The van der Waals surface area contributed by atoms with Crippen molar-refractivity contribution in [3.05, 3.63) is 47.6 Å². The minimum absolute atomic E-state index is 0.101. The lowest BCUT2D eigenvalue weighted by molar-refractivity contribution is -0.215. The normalized spacial score (nSPS) is 40.7. The Morgan fingerprint density at radius 1 is 0.886 bits per heavy atom. The van der Waals surface area contributed by atoms with Gasteiger partial charge in [-0.05, 0) is 65.7 Å². The molecule has 0 amide bonds. The first-order chi connectivity index (χ1) is 16.9. The number of ether oxygens (including phenoxy) is 5. The van der Waals surface area contributed by atoms with Gasteiger partial charge in [0.25, 0.3) is 0 Å². The van der Waals surface area contributed by atoms with Crippen LogP contribution < -0.4 is 4.74 Å². The molecular formula is C30H38O5. The summed E-state index contributed by atoms with van der Waals surface area (Å²) in [5.74, 6) is 1.61. The van der Waals surface area contributed by atoms with Gasteiger partial charge in [0, 0.05) is 24.7 Å². The molecule has 0 bridgehead atoms. The standard InChI is InChI=1S/C30H38O5/c1-27-12-13-29(32-14-15-33-29)18-21(27)6-9-23-25-10-11-30(34-16-17-35-30)28(25,2)19-24(26(23)27)20-4-7-22(31-3)8-5-20/h4-8,19,23,25-26H,9-18H2,1-3H3. The molecule has 5 nitrogen and oxygen atoms in total. The second-order valence-electron chi connectivity index (χ2n) is 12.0. The van der Waals surface area contributed by atoms with Crippen LogP contribution in [0, 0.1) is 28.6 Å². The van der Waals surface area contributed by atoms with Crippen LogP contribution in [0.5, 0.6) is 5.75 Å². The SMILES string of the molecule is COc1ccc(C2=CC3(C)C(CCC34OCCO4)C3CC=C4CC5(CCC4(C)C23)OCCO5)cc1. The van der Waals surface area contributed by atoms with Crippen molar-refractivity contribution >= 4 is 5.57 Å². The molecule has 2 aliphatic heterocycles. The molecule has 4 aliphatic carbocycles. The highest BCUT2D eigenvalue weighted by atomic mass is 16.7. The second kappa shape index (κ2) is 7.67. The van der Waals surface area contributed by atoms with Crippen LogP contribution in [0.3, 0.4) is 0 Å². The predicted octanol–water partition coefficient (Wildman–Crippen LogP) is 5.75. The number of rotatable bonds is 2. The maximum absolute atomic E-state index is 6.43. The highest BCUT2D eigenvalue weighted by Gasteiger charge is 2.67. The molecule has 5 heteroatoms. The van der Waals surface area contributed by atoms with Gasteiger partial charge in [-0.15, -0.1) is 0 Å². The van der Waals surface area contributed by atoms with Gasteiger partial charge in [-0.1, -0.05) is 43.7 Å². The Balaban J connectivity index is 1.36. The summed E-state index contributed by atoms with van der Waals surface area (Å²) in [5.41, 5.74) is 4.28. The summed E-state index contributed by atoms with van der Waals surface area (Å²) in [5, 5.41) is 0. The van der Waals surface area contributed by atoms with E-state index in [1.807, 2.05) is 0 Å². The lowest BCUT2D eigenvalue weighted by Gasteiger charge is -2.59. The van der Waals surface area contributed by atoms with Crippen molar-refractivity contribution < 1.29 is 23.7 Å². The van der Waals surface area contributed by atoms with E-state index < -0.39 is 11.6 Å².